The molecule has 1 fully saturated rings. The maximum Gasteiger partial charge on any atom is 0.573 e. The normalized spacial score (nSPS) is 14.2. The summed E-state index contributed by atoms with van der Waals surface area (Å²) in [6.45, 7) is 1.43. The molecule has 3 amide bonds. The molecule has 1 aliphatic heterocycles. The van der Waals surface area contributed by atoms with Gasteiger partial charge in [0.15, 0.2) is 35.1 Å². The Labute approximate surface area is 262 Å². The van der Waals surface area contributed by atoms with Gasteiger partial charge in [-0.2, -0.15) is 4.99 Å². The van der Waals surface area contributed by atoms with Crippen LogP contribution in [0.15, 0.2) is 65.9 Å². The number of methoxy groups -OCH3 is 1. The number of rotatable bonds is 9. The van der Waals surface area contributed by atoms with Gasteiger partial charge in [0.1, 0.15) is 12.1 Å². The van der Waals surface area contributed by atoms with Crippen molar-refractivity contribution in [1.29, 1.82) is 0 Å². The first-order valence-corrected chi connectivity index (χ1v) is 14.2. The Kier molecular flexibility index (Phi) is 9.52. The van der Waals surface area contributed by atoms with Crippen LogP contribution in [0.4, 0.5) is 32.4 Å². The molecule has 2 heterocycles. The number of carbonyl (C=O) groups is 2. The van der Waals surface area contributed by atoms with E-state index in [4.69, 9.17) is 9.47 Å². The van der Waals surface area contributed by atoms with Gasteiger partial charge in [0.05, 0.1) is 23.7 Å². The Morgan fingerprint density at radius 3 is 2.48 bits per heavy atom. The molecule has 0 aliphatic carbocycles. The number of carbonyl (C=O) groups excluding carboxylic acids is 2. The summed E-state index contributed by atoms with van der Waals surface area (Å²) in [5.74, 6) is -3.77. The van der Waals surface area contributed by atoms with Crippen molar-refractivity contribution in [3.8, 4) is 28.6 Å². The molecule has 0 atom stereocenters. The first kappa shape index (κ1) is 32.4. The van der Waals surface area contributed by atoms with Gasteiger partial charge < -0.3 is 19.5 Å². The molecule has 0 radical (unpaired) electrons. The zero-order chi connectivity index (χ0) is 33.0. The number of aromatic nitrogens is 3. The highest BCUT2D eigenvalue weighted by molar-refractivity contribution is 8.15. The molecule has 1 N–H and O–H groups in total. The molecule has 5 rings (SSSR count). The molecule has 0 bridgehead atoms. The van der Waals surface area contributed by atoms with Crippen molar-refractivity contribution in [2.45, 2.75) is 19.9 Å². The minimum Gasteiger partial charge on any atom is -0.467 e. The molecule has 1 aromatic heterocycles. The number of hydrogen-bond donors (Lipinski definition) is 1. The summed E-state index contributed by atoms with van der Waals surface area (Å²) in [6, 6.07) is 11.1. The molecule has 0 saturated carbocycles. The summed E-state index contributed by atoms with van der Waals surface area (Å²) in [7, 11) is 1.52. The number of amidine groups is 1. The van der Waals surface area contributed by atoms with Crippen LogP contribution in [0, 0.1) is 18.6 Å². The van der Waals surface area contributed by atoms with Crippen molar-refractivity contribution in [2.75, 3.05) is 24.5 Å². The van der Waals surface area contributed by atoms with Gasteiger partial charge in [-0.1, -0.05) is 23.9 Å². The fourth-order valence-electron chi connectivity index (χ4n) is 4.28. The lowest BCUT2D eigenvalue weighted by Gasteiger charge is -2.20. The van der Waals surface area contributed by atoms with Crippen LogP contribution in [0.2, 0.25) is 0 Å². The zero-order valence-corrected chi connectivity index (χ0v) is 24.8. The average molecular weight is 663 g/mol. The van der Waals surface area contributed by atoms with E-state index in [0.29, 0.717) is 16.9 Å². The number of hydrogen-bond acceptors (Lipinski definition) is 8. The molecule has 1 aliphatic rings. The predicted molar refractivity (Wildman–Crippen MR) is 157 cm³/mol. The minimum atomic E-state index is -4.85. The first-order chi connectivity index (χ1) is 21.9. The number of halogens is 5. The van der Waals surface area contributed by atoms with Gasteiger partial charge in [0.25, 0.3) is 0 Å². The predicted octanol–water partition coefficient (Wildman–Crippen LogP) is 5.75. The summed E-state index contributed by atoms with van der Waals surface area (Å²) < 4.78 is 82.2. The van der Waals surface area contributed by atoms with Crippen molar-refractivity contribution in [3.63, 3.8) is 0 Å². The van der Waals surface area contributed by atoms with Gasteiger partial charge in [-0.05, 0) is 55.0 Å². The summed E-state index contributed by atoms with van der Waals surface area (Å²) in [4.78, 5) is 34.5. The van der Waals surface area contributed by atoms with Crippen LogP contribution in [0.3, 0.4) is 0 Å². The third-order valence-corrected chi connectivity index (χ3v) is 7.19. The molecule has 240 valence electrons. The molecule has 46 heavy (non-hydrogen) atoms. The van der Waals surface area contributed by atoms with Gasteiger partial charge in [-0.15, -0.1) is 18.3 Å². The minimum absolute atomic E-state index is 0.0550. The van der Waals surface area contributed by atoms with E-state index < -0.39 is 42.3 Å². The van der Waals surface area contributed by atoms with Crippen LogP contribution in [0.25, 0.3) is 17.1 Å². The van der Waals surface area contributed by atoms with Crippen LogP contribution in [0.1, 0.15) is 11.1 Å². The van der Waals surface area contributed by atoms with E-state index in [1.54, 1.807) is 6.07 Å². The van der Waals surface area contributed by atoms with Crippen LogP contribution < -0.4 is 19.7 Å². The van der Waals surface area contributed by atoms with Crippen LogP contribution in [-0.4, -0.2) is 57.8 Å². The Hall–Kier alpha value is -5.03. The van der Waals surface area contributed by atoms with E-state index in [1.165, 1.54) is 35.2 Å². The Balaban J connectivity index is 1.23. The SMILES string of the molecule is COCc1ccc(C)cc1N1C(=O)CS/C1=N\C(=O)NCOc1c(F)cc(-c2ncn(-c3ccc(OC(F)(F)F)cc3)n2)cc1F. The first-order valence-electron chi connectivity index (χ1n) is 13.2. The van der Waals surface area contributed by atoms with Gasteiger partial charge >= 0.3 is 12.4 Å². The largest absolute Gasteiger partial charge is 0.573 e. The van der Waals surface area contributed by atoms with E-state index in [-0.39, 0.29) is 34.8 Å². The quantitative estimate of drug-likeness (QED) is 0.178. The number of ether oxygens (including phenoxy) is 3. The summed E-state index contributed by atoms with van der Waals surface area (Å²) in [5, 5.41) is 6.51. The molecular formula is C29H23F5N6O5S. The Morgan fingerprint density at radius 1 is 1.09 bits per heavy atom. The average Bonchev–Trinajstić information content (AvgIpc) is 3.62. The lowest BCUT2D eigenvalue weighted by atomic mass is 10.1. The zero-order valence-electron chi connectivity index (χ0n) is 24.0. The number of thioether (sulfide) groups is 1. The topological polar surface area (TPSA) is 120 Å². The molecular weight excluding hydrogens is 639 g/mol. The number of aryl methyl sites for hydroxylation is 1. The highest BCUT2D eigenvalue weighted by Gasteiger charge is 2.32. The third-order valence-electron chi connectivity index (χ3n) is 6.27. The van der Waals surface area contributed by atoms with E-state index in [0.717, 1.165) is 41.6 Å². The van der Waals surface area contributed by atoms with Gasteiger partial charge in [-0.3, -0.25) is 9.69 Å². The van der Waals surface area contributed by atoms with Crippen LogP contribution >= 0.6 is 11.8 Å². The second-order valence-electron chi connectivity index (χ2n) is 9.57. The van der Waals surface area contributed by atoms with Crippen molar-refractivity contribution < 1.29 is 45.8 Å². The van der Waals surface area contributed by atoms with Gasteiger partial charge in [0, 0.05) is 18.2 Å². The van der Waals surface area contributed by atoms with Crippen molar-refractivity contribution in [2.24, 2.45) is 4.99 Å². The highest BCUT2D eigenvalue weighted by Crippen LogP contribution is 2.32. The molecule has 0 unspecified atom stereocenters. The molecule has 17 heteroatoms. The molecule has 11 nitrogen and oxygen atoms in total. The van der Waals surface area contributed by atoms with Crippen molar-refractivity contribution in [1.82, 2.24) is 20.1 Å². The number of benzene rings is 3. The highest BCUT2D eigenvalue weighted by atomic mass is 32.2. The molecule has 0 spiro atoms. The number of amides is 3. The lowest BCUT2D eigenvalue weighted by molar-refractivity contribution is -0.274. The van der Waals surface area contributed by atoms with Crippen molar-refractivity contribution >= 4 is 34.6 Å². The standard InChI is InChI=1S/C29H23F5N6O5S/c1-16-3-4-17(12-43-2)23(9-16)40-24(41)13-46-28(40)37-27(42)36-15-44-25-21(30)10-18(11-22(25)31)26-35-14-39(38-26)19-5-7-20(8-6-19)45-29(32,33)34/h3-11,14H,12-13,15H2,1-2H3,(H,36,42)/b37-28-. The van der Waals surface area contributed by atoms with E-state index in [2.05, 4.69) is 25.1 Å². The second-order valence-corrected chi connectivity index (χ2v) is 10.5. The van der Waals surface area contributed by atoms with Crippen LogP contribution in [0.5, 0.6) is 11.5 Å². The van der Waals surface area contributed by atoms with Crippen molar-refractivity contribution in [3.05, 3.63) is 83.7 Å². The maximum atomic E-state index is 14.8. The molecule has 4 aromatic rings. The summed E-state index contributed by atoms with van der Waals surface area (Å²) >= 11 is 1.06. The molecule has 1 saturated heterocycles. The number of urea groups is 1. The van der Waals surface area contributed by atoms with E-state index >= 15 is 0 Å². The number of aliphatic imine (C=N–C) groups is 1. The fraction of sp³-hybridized carbons (Fsp3) is 0.207. The number of nitrogens with zero attached hydrogens (tertiary/aromatic N) is 5. The fourth-order valence-corrected chi connectivity index (χ4v) is 5.14. The Morgan fingerprint density at radius 2 is 1.80 bits per heavy atom. The van der Waals surface area contributed by atoms with E-state index in [9.17, 15) is 31.5 Å². The van der Waals surface area contributed by atoms with E-state index in [1.807, 2.05) is 19.1 Å². The maximum absolute atomic E-state index is 14.8. The van der Waals surface area contributed by atoms with Gasteiger partial charge in [-0.25, -0.2) is 23.2 Å². The third kappa shape index (κ3) is 7.60. The summed E-state index contributed by atoms with van der Waals surface area (Å²) in [5.41, 5.74) is 2.37. The molecule has 3 aromatic carbocycles. The second kappa shape index (κ2) is 13.5. The monoisotopic (exact) mass is 662 g/mol. The van der Waals surface area contributed by atoms with Crippen LogP contribution in [-0.2, 0) is 16.1 Å². The lowest BCUT2D eigenvalue weighted by Crippen LogP contribution is -2.33. The smallest absolute Gasteiger partial charge is 0.467 e. The summed E-state index contributed by atoms with van der Waals surface area (Å²) in [6.07, 6.45) is -3.64. The number of alkyl halides is 3. The number of anilines is 1. The number of nitrogens with one attached hydrogen (secondary N) is 1. The van der Waals surface area contributed by atoms with Gasteiger partial charge in [0.2, 0.25) is 5.91 Å². The Bertz CT molecular complexity index is 1770.